The lowest BCUT2D eigenvalue weighted by atomic mass is 10.1. The van der Waals surface area contributed by atoms with E-state index in [1.165, 1.54) is 6.07 Å². The van der Waals surface area contributed by atoms with Gasteiger partial charge in [-0.25, -0.2) is 4.39 Å². The quantitative estimate of drug-likeness (QED) is 0.919. The van der Waals surface area contributed by atoms with Crippen molar-refractivity contribution in [2.45, 2.75) is 39.2 Å². The van der Waals surface area contributed by atoms with Crippen molar-refractivity contribution in [3.63, 3.8) is 0 Å². The molecule has 21 heavy (non-hydrogen) atoms. The zero-order valence-electron chi connectivity index (χ0n) is 12.4. The molecular weight excluding hydrogens is 293 g/mol. The molecule has 0 saturated carbocycles. The first-order valence-electron chi connectivity index (χ1n) is 6.84. The monoisotopic (exact) mass is 311 g/mol. The van der Waals surface area contributed by atoms with Gasteiger partial charge in [0.15, 0.2) is 5.82 Å². The number of hydrogen-bond donors (Lipinski definition) is 1. The lowest BCUT2D eigenvalue weighted by Crippen LogP contribution is -2.37. The molecule has 1 aromatic carbocycles. The van der Waals surface area contributed by atoms with Gasteiger partial charge in [-0.2, -0.15) is 4.98 Å². The second-order valence-corrected chi connectivity index (χ2v) is 6.33. The van der Waals surface area contributed by atoms with Crippen molar-refractivity contribution in [2.75, 3.05) is 6.54 Å². The van der Waals surface area contributed by atoms with Crippen LogP contribution in [-0.4, -0.2) is 22.2 Å². The highest BCUT2D eigenvalue weighted by Crippen LogP contribution is 2.19. The van der Waals surface area contributed by atoms with E-state index in [2.05, 4.69) is 36.2 Å². The van der Waals surface area contributed by atoms with Gasteiger partial charge < -0.3 is 9.84 Å². The lowest BCUT2D eigenvalue weighted by Gasteiger charge is -2.19. The molecule has 0 fully saturated rings. The van der Waals surface area contributed by atoms with Gasteiger partial charge in [0.2, 0.25) is 5.89 Å². The van der Waals surface area contributed by atoms with Gasteiger partial charge in [-0.1, -0.05) is 28.9 Å². The van der Waals surface area contributed by atoms with Gasteiger partial charge in [0.1, 0.15) is 5.82 Å². The molecule has 1 heterocycles. The Morgan fingerprint density at radius 2 is 2.10 bits per heavy atom. The number of aromatic nitrogens is 2. The van der Waals surface area contributed by atoms with Crippen LogP contribution in [0.2, 0.25) is 5.02 Å². The van der Waals surface area contributed by atoms with Crippen LogP contribution < -0.4 is 5.32 Å². The molecule has 0 atom stereocenters. The molecule has 0 aliphatic heterocycles. The van der Waals surface area contributed by atoms with Gasteiger partial charge in [-0.05, 0) is 32.4 Å². The van der Waals surface area contributed by atoms with Crippen molar-refractivity contribution < 1.29 is 8.91 Å². The van der Waals surface area contributed by atoms with Gasteiger partial charge in [0.25, 0.3) is 0 Å². The maximum atomic E-state index is 13.8. The van der Waals surface area contributed by atoms with Gasteiger partial charge in [-0.3, -0.25) is 0 Å². The molecule has 0 unspecified atom stereocenters. The minimum Gasteiger partial charge on any atom is -0.339 e. The van der Waals surface area contributed by atoms with Crippen molar-refractivity contribution in [3.8, 4) is 0 Å². The SMILES string of the molecule is CC(C)(C)NCCc1nc(Cc2cccc(Cl)c2F)no1. The lowest BCUT2D eigenvalue weighted by molar-refractivity contribution is 0.359. The average molecular weight is 312 g/mol. The third-order valence-electron chi connectivity index (χ3n) is 2.88. The molecule has 0 spiro atoms. The van der Waals surface area contributed by atoms with Crippen molar-refractivity contribution >= 4 is 11.6 Å². The Morgan fingerprint density at radius 3 is 2.81 bits per heavy atom. The Labute approximate surface area is 128 Å². The van der Waals surface area contributed by atoms with E-state index in [-0.39, 0.29) is 17.0 Å². The number of nitrogens with one attached hydrogen (secondary N) is 1. The molecule has 0 radical (unpaired) electrons. The van der Waals surface area contributed by atoms with E-state index in [1.807, 2.05) is 0 Å². The van der Waals surface area contributed by atoms with Gasteiger partial charge in [-0.15, -0.1) is 0 Å². The van der Waals surface area contributed by atoms with E-state index in [9.17, 15) is 4.39 Å². The maximum absolute atomic E-state index is 13.8. The Bertz CT molecular complexity index is 607. The molecule has 2 rings (SSSR count). The number of benzene rings is 1. The fraction of sp³-hybridized carbons (Fsp3) is 0.467. The molecule has 0 amide bonds. The summed E-state index contributed by atoms with van der Waals surface area (Å²) < 4.78 is 19.0. The van der Waals surface area contributed by atoms with Crippen LogP contribution in [0.3, 0.4) is 0 Å². The minimum absolute atomic E-state index is 0.0484. The summed E-state index contributed by atoms with van der Waals surface area (Å²) in [5.74, 6) is 0.575. The summed E-state index contributed by atoms with van der Waals surface area (Å²) >= 11 is 5.75. The Hall–Kier alpha value is -1.46. The zero-order chi connectivity index (χ0) is 15.5. The summed E-state index contributed by atoms with van der Waals surface area (Å²) in [5, 5.41) is 7.32. The number of halogens is 2. The summed E-state index contributed by atoms with van der Waals surface area (Å²) in [7, 11) is 0. The summed E-state index contributed by atoms with van der Waals surface area (Å²) in [6, 6.07) is 4.88. The van der Waals surface area contributed by atoms with Crippen LogP contribution in [0, 0.1) is 5.82 Å². The zero-order valence-corrected chi connectivity index (χ0v) is 13.2. The van der Waals surface area contributed by atoms with E-state index in [0.29, 0.717) is 23.7 Å². The van der Waals surface area contributed by atoms with Crippen LogP contribution >= 0.6 is 11.6 Å². The second kappa shape index (κ2) is 6.54. The molecule has 114 valence electrons. The van der Waals surface area contributed by atoms with E-state index in [1.54, 1.807) is 12.1 Å². The van der Waals surface area contributed by atoms with E-state index >= 15 is 0 Å². The van der Waals surface area contributed by atoms with E-state index < -0.39 is 5.82 Å². The first-order chi connectivity index (χ1) is 9.85. The Kier molecular flexibility index (Phi) is 4.96. The normalized spacial score (nSPS) is 11.9. The number of hydrogen-bond acceptors (Lipinski definition) is 4. The predicted molar refractivity (Wildman–Crippen MR) is 80.0 cm³/mol. The fourth-order valence-corrected chi connectivity index (χ4v) is 2.06. The molecule has 6 heteroatoms. The van der Waals surface area contributed by atoms with Crippen molar-refractivity contribution in [3.05, 3.63) is 46.3 Å². The highest BCUT2D eigenvalue weighted by Gasteiger charge is 2.13. The van der Waals surface area contributed by atoms with Crippen molar-refractivity contribution in [1.29, 1.82) is 0 Å². The van der Waals surface area contributed by atoms with Gasteiger partial charge in [0.05, 0.1) is 5.02 Å². The first-order valence-corrected chi connectivity index (χ1v) is 7.22. The van der Waals surface area contributed by atoms with Crippen LogP contribution in [-0.2, 0) is 12.8 Å². The van der Waals surface area contributed by atoms with Gasteiger partial charge >= 0.3 is 0 Å². The van der Waals surface area contributed by atoms with E-state index in [0.717, 1.165) is 6.54 Å². The largest absolute Gasteiger partial charge is 0.339 e. The highest BCUT2D eigenvalue weighted by atomic mass is 35.5. The average Bonchev–Trinajstić information content (AvgIpc) is 2.81. The summed E-state index contributed by atoms with van der Waals surface area (Å²) in [6.45, 7) is 7.02. The van der Waals surface area contributed by atoms with Crippen LogP contribution in [0.15, 0.2) is 22.7 Å². The topological polar surface area (TPSA) is 51.0 Å². The first kappa shape index (κ1) is 15.9. The molecule has 4 nitrogen and oxygen atoms in total. The van der Waals surface area contributed by atoms with Crippen molar-refractivity contribution in [1.82, 2.24) is 15.5 Å². The second-order valence-electron chi connectivity index (χ2n) is 5.92. The molecule has 2 aromatic rings. The molecule has 1 aromatic heterocycles. The predicted octanol–water partition coefficient (Wildman–Crippen LogP) is 3.38. The van der Waals surface area contributed by atoms with Crippen LogP contribution in [0.25, 0.3) is 0 Å². The van der Waals surface area contributed by atoms with Crippen LogP contribution in [0.4, 0.5) is 4.39 Å². The number of nitrogens with zero attached hydrogens (tertiary/aromatic N) is 2. The Balaban J connectivity index is 1.95. The van der Waals surface area contributed by atoms with Crippen molar-refractivity contribution in [2.24, 2.45) is 0 Å². The van der Waals surface area contributed by atoms with E-state index in [4.69, 9.17) is 16.1 Å². The van der Waals surface area contributed by atoms with Crippen LogP contribution in [0.1, 0.15) is 38.0 Å². The molecule has 0 saturated heterocycles. The standard InChI is InChI=1S/C15H19ClFN3O/c1-15(2,3)18-8-7-13-19-12(20-21-13)9-10-5-4-6-11(16)14(10)17/h4-6,18H,7-9H2,1-3H3. The molecular formula is C15H19ClFN3O. The molecule has 0 aliphatic rings. The number of rotatable bonds is 5. The summed E-state index contributed by atoms with van der Waals surface area (Å²) in [6.07, 6.45) is 0.908. The molecule has 0 aliphatic carbocycles. The summed E-state index contributed by atoms with van der Waals surface area (Å²) in [4.78, 5) is 4.27. The fourth-order valence-electron chi connectivity index (χ4n) is 1.86. The third-order valence-corrected chi connectivity index (χ3v) is 3.18. The Morgan fingerprint density at radius 1 is 1.33 bits per heavy atom. The summed E-state index contributed by atoms with van der Waals surface area (Å²) in [5.41, 5.74) is 0.509. The molecule has 0 bridgehead atoms. The highest BCUT2D eigenvalue weighted by molar-refractivity contribution is 6.30. The third kappa shape index (κ3) is 4.79. The van der Waals surface area contributed by atoms with Crippen LogP contribution in [0.5, 0.6) is 0 Å². The molecule has 1 N–H and O–H groups in total. The minimum atomic E-state index is -0.431. The smallest absolute Gasteiger partial charge is 0.227 e. The van der Waals surface area contributed by atoms with Gasteiger partial charge in [0, 0.05) is 24.9 Å². The maximum Gasteiger partial charge on any atom is 0.227 e.